The molecule has 3 nitrogen and oxygen atoms in total. The van der Waals surface area contributed by atoms with Crippen molar-refractivity contribution in [2.45, 2.75) is 19.9 Å². The Hall–Kier alpha value is -2.59. The molecule has 0 radical (unpaired) electrons. The van der Waals surface area contributed by atoms with Gasteiger partial charge in [-0.2, -0.15) is 0 Å². The van der Waals surface area contributed by atoms with Crippen LogP contribution in [0, 0.1) is 13.8 Å². The van der Waals surface area contributed by atoms with Gasteiger partial charge in [-0.15, -0.1) is 0 Å². The summed E-state index contributed by atoms with van der Waals surface area (Å²) in [7, 11) is 1.63. The van der Waals surface area contributed by atoms with Crippen LogP contribution in [0.1, 0.15) is 33.1 Å². The molecule has 0 heterocycles. The van der Waals surface area contributed by atoms with Crippen molar-refractivity contribution in [1.82, 2.24) is 0 Å². The Morgan fingerprint density at radius 1 is 0.926 bits per heavy atom. The number of rotatable bonds is 6. The summed E-state index contributed by atoms with van der Waals surface area (Å²) >= 11 is 3.56. The summed E-state index contributed by atoms with van der Waals surface area (Å²) in [4.78, 5) is 13.3. The largest absolute Gasteiger partial charge is 0.497 e. The van der Waals surface area contributed by atoms with E-state index in [-0.39, 0.29) is 5.78 Å². The number of carbonyl (C=O) groups excluding carboxylic acids is 1. The third-order valence-corrected chi connectivity index (χ3v) is 5.14. The molecule has 0 amide bonds. The van der Waals surface area contributed by atoms with Gasteiger partial charge in [0.2, 0.25) is 0 Å². The van der Waals surface area contributed by atoms with E-state index < -0.39 is 6.04 Å². The van der Waals surface area contributed by atoms with Crippen molar-refractivity contribution in [1.29, 1.82) is 0 Å². The molecule has 138 valence electrons. The molecule has 0 aromatic heterocycles. The van der Waals surface area contributed by atoms with Gasteiger partial charge in [0.25, 0.3) is 0 Å². The number of anilines is 1. The van der Waals surface area contributed by atoms with E-state index in [9.17, 15) is 4.79 Å². The van der Waals surface area contributed by atoms with E-state index in [4.69, 9.17) is 4.74 Å². The molecule has 0 aliphatic heterocycles. The van der Waals surface area contributed by atoms with Gasteiger partial charge in [0.05, 0.1) is 7.11 Å². The van der Waals surface area contributed by atoms with Crippen molar-refractivity contribution in [2.24, 2.45) is 0 Å². The monoisotopic (exact) mass is 423 g/mol. The summed E-state index contributed by atoms with van der Waals surface area (Å²) in [5.41, 5.74) is 4.73. The number of hydrogen-bond donors (Lipinski definition) is 1. The molecular weight excluding hydrogens is 402 g/mol. The lowest BCUT2D eigenvalue weighted by atomic mass is 9.96. The summed E-state index contributed by atoms with van der Waals surface area (Å²) in [5, 5.41) is 3.40. The molecule has 3 rings (SSSR count). The molecule has 0 saturated heterocycles. The second kappa shape index (κ2) is 8.40. The Balaban J connectivity index is 1.98. The number of ether oxygens (including phenoxy) is 1. The quantitative estimate of drug-likeness (QED) is 0.485. The van der Waals surface area contributed by atoms with Crippen LogP contribution in [0.25, 0.3) is 0 Å². The van der Waals surface area contributed by atoms with Crippen molar-refractivity contribution in [3.63, 3.8) is 0 Å². The van der Waals surface area contributed by atoms with Crippen LogP contribution >= 0.6 is 15.9 Å². The Kier molecular flexibility index (Phi) is 5.97. The maximum absolute atomic E-state index is 13.3. The molecule has 1 atom stereocenters. The minimum absolute atomic E-state index is 0.0292. The average Bonchev–Trinajstić information content (AvgIpc) is 2.68. The number of ketones is 1. The van der Waals surface area contributed by atoms with E-state index in [1.807, 2.05) is 80.6 Å². The van der Waals surface area contributed by atoms with Gasteiger partial charge in [-0.25, -0.2) is 0 Å². The van der Waals surface area contributed by atoms with Crippen LogP contribution in [0.5, 0.6) is 5.75 Å². The molecule has 0 unspecified atom stereocenters. The average molecular weight is 424 g/mol. The maximum atomic E-state index is 13.3. The van der Waals surface area contributed by atoms with E-state index in [0.717, 1.165) is 32.6 Å². The standard InChI is InChI=1S/C23H22BrNO2/c1-15-4-8-17(9-5-15)22(23(26)18-10-6-16(2)7-11-18)25-21-13-12-19(27-3)14-20(21)24/h4-14,22,25H,1-3H3/t22-/m1/s1. The summed E-state index contributed by atoms with van der Waals surface area (Å²) in [6.07, 6.45) is 0. The van der Waals surface area contributed by atoms with E-state index in [2.05, 4.69) is 21.2 Å². The van der Waals surface area contributed by atoms with Crippen LogP contribution in [0.4, 0.5) is 5.69 Å². The smallest absolute Gasteiger partial charge is 0.189 e. The minimum Gasteiger partial charge on any atom is -0.497 e. The van der Waals surface area contributed by atoms with Crippen molar-refractivity contribution in [3.05, 3.63) is 93.5 Å². The van der Waals surface area contributed by atoms with Crippen LogP contribution < -0.4 is 10.1 Å². The zero-order valence-corrected chi connectivity index (χ0v) is 17.2. The van der Waals surface area contributed by atoms with Gasteiger partial charge in [0.15, 0.2) is 5.78 Å². The van der Waals surface area contributed by atoms with Gasteiger partial charge in [-0.1, -0.05) is 59.7 Å². The summed E-state index contributed by atoms with van der Waals surface area (Å²) < 4.78 is 6.10. The molecule has 27 heavy (non-hydrogen) atoms. The van der Waals surface area contributed by atoms with Crippen LogP contribution in [0.2, 0.25) is 0 Å². The number of halogens is 1. The van der Waals surface area contributed by atoms with E-state index in [1.165, 1.54) is 0 Å². The number of hydrogen-bond acceptors (Lipinski definition) is 3. The maximum Gasteiger partial charge on any atom is 0.189 e. The Morgan fingerprint density at radius 3 is 2.07 bits per heavy atom. The lowest BCUT2D eigenvalue weighted by Gasteiger charge is -2.21. The number of nitrogens with one attached hydrogen (secondary N) is 1. The van der Waals surface area contributed by atoms with Crippen molar-refractivity contribution < 1.29 is 9.53 Å². The molecule has 1 N–H and O–H groups in total. The first-order valence-corrected chi connectivity index (χ1v) is 9.55. The second-order valence-electron chi connectivity index (χ2n) is 6.56. The van der Waals surface area contributed by atoms with Crippen LogP contribution in [0.15, 0.2) is 71.2 Å². The van der Waals surface area contributed by atoms with Crippen LogP contribution in [-0.2, 0) is 0 Å². The fourth-order valence-electron chi connectivity index (χ4n) is 2.84. The zero-order valence-electron chi connectivity index (χ0n) is 15.6. The fourth-order valence-corrected chi connectivity index (χ4v) is 3.31. The predicted octanol–water partition coefficient (Wildman–Crippen LogP) is 6.11. The minimum atomic E-state index is -0.488. The van der Waals surface area contributed by atoms with E-state index in [0.29, 0.717) is 5.56 Å². The fraction of sp³-hybridized carbons (Fsp3) is 0.174. The molecule has 0 saturated carbocycles. The first-order chi connectivity index (χ1) is 13.0. The highest BCUT2D eigenvalue weighted by Crippen LogP contribution is 2.31. The van der Waals surface area contributed by atoms with Gasteiger partial charge in [0.1, 0.15) is 11.8 Å². The summed E-state index contributed by atoms with van der Waals surface area (Å²) in [6, 6.07) is 20.9. The second-order valence-corrected chi connectivity index (χ2v) is 7.42. The van der Waals surface area contributed by atoms with Crippen molar-refractivity contribution in [3.8, 4) is 5.75 Å². The zero-order chi connectivity index (χ0) is 19.4. The summed E-state index contributed by atoms with van der Waals surface area (Å²) in [6.45, 7) is 4.05. The van der Waals surface area contributed by atoms with Crippen LogP contribution in [-0.4, -0.2) is 12.9 Å². The summed E-state index contributed by atoms with van der Waals surface area (Å²) in [5.74, 6) is 0.783. The topological polar surface area (TPSA) is 38.3 Å². The molecule has 0 spiro atoms. The predicted molar refractivity (Wildman–Crippen MR) is 114 cm³/mol. The number of benzene rings is 3. The Morgan fingerprint density at radius 2 is 1.52 bits per heavy atom. The lowest BCUT2D eigenvalue weighted by Crippen LogP contribution is -2.21. The lowest BCUT2D eigenvalue weighted by molar-refractivity contribution is 0.0969. The van der Waals surface area contributed by atoms with Crippen molar-refractivity contribution in [2.75, 3.05) is 12.4 Å². The first-order valence-electron chi connectivity index (χ1n) is 8.75. The molecule has 0 fully saturated rings. The third-order valence-electron chi connectivity index (χ3n) is 4.49. The van der Waals surface area contributed by atoms with Crippen molar-refractivity contribution >= 4 is 27.4 Å². The number of Topliss-reactive ketones (excluding diaryl/α,β-unsaturated/α-hetero) is 1. The molecule has 3 aromatic rings. The molecule has 3 aromatic carbocycles. The highest BCUT2D eigenvalue weighted by molar-refractivity contribution is 9.10. The normalized spacial score (nSPS) is 11.7. The Bertz CT molecular complexity index is 934. The molecule has 4 heteroatoms. The third kappa shape index (κ3) is 4.58. The number of aryl methyl sites for hydroxylation is 2. The van der Waals surface area contributed by atoms with Crippen LogP contribution in [0.3, 0.4) is 0 Å². The highest BCUT2D eigenvalue weighted by Gasteiger charge is 2.23. The number of methoxy groups -OCH3 is 1. The molecule has 0 bridgehead atoms. The van der Waals surface area contributed by atoms with E-state index >= 15 is 0 Å². The number of carbonyl (C=O) groups is 1. The van der Waals surface area contributed by atoms with Gasteiger partial charge in [-0.3, -0.25) is 4.79 Å². The van der Waals surface area contributed by atoms with Gasteiger partial charge >= 0.3 is 0 Å². The SMILES string of the molecule is COc1ccc(N[C@@H](C(=O)c2ccc(C)cc2)c2ccc(C)cc2)c(Br)c1. The van der Waals surface area contributed by atoms with E-state index in [1.54, 1.807) is 7.11 Å². The Labute approximate surface area is 168 Å². The van der Waals surface area contributed by atoms with Gasteiger partial charge < -0.3 is 10.1 Å². The first kappa shape index (κ1) is 19.2. The van der Waals surface area contributed by atoms with Gasteiger partial charge in [0, 0.05) is 15.7 Å². The molecular formula is C23H22BrNO2. The van der Waals surface area contributed by atoms with Gasteiger partial charge in [-0.05, 0) is 53.5 Å². The molecule has 0 aliphatic carbocycles. The molecule has 0 aliphatic rings. The highest BCUT2D eigenvalue weighted by atomic mass is 79.9.